The fraction of sp³-hybridized carbons (Fsp3) is 0.125. The fourth-order valence-corrected chi connectivity index (χ4v) is 2.11. The highest BCUT2D eigenvalue weighted by Crippen LogP contribution is 2.22. The highest BCUT2D eigenvalue weighted by atomic mass is 35.5. The van der Waals surface area contributed by atoms with Crippen LogP contribution in [0.25, 0.3) is 0 Å². The second-order valence-electron chi connectivity index (χ2n) is 4.99. The number of ether oxygens (including phenoxy) is 1. The Morgan fingerprint density at radius 3 is 2.84 bits per heavy atom. The number of amides is 1. The van der Waals surface area contributed by atoms with E-state index in [4.69, 9.17) is 16.3 Å². The molecule has 0 spiro atoms. The van der Waals surface area contributed by atoms with E-state index in [0.717, 1.165) is 23.9 Å². The number of phenolic OH excluding ortho intramolecular Hbond substituents is 1. The molecular weight excluding hydrogens is 350 g/mol. The lowest BCUT2D eigenvalue weighted by Gasteiger charge is -2.08. The predicted molar refractivity (Wildman–Crippen MR) is 92.2 cm³/mol. The van der Waals surface area contributed by atoms with Crippen LogP contribution in [0.5, 0.6) is 11.5 Å². The second kappa shape index (κ2) is 8.11. The quantitative estimate of drug-likeness (QED) is 0.465. The normalized spacial score (nSPS) is 10.6. The number of nitrogens with zero attached hydrogens (tertiary/aromatic N) is 2. The second-order valence-corrected chi connectivity index (χ2v) is 5.43. The maximum Gasteiger partial charge on any atom is 0.277 e. The van der Waals surface area contributed by atoms with Crippen molar-refractivity contribution in [2.24, 2.45) is 5.10 Å². The van der Waals surface area contributed by atoms with E-state index in [1.807, 2.05) is 0 Å². The number of hydrogen-bond donors (Lipinski definition) is 2. The van der Waals surface area contributed by atoms with Gasteiger partial charge in [-0.25, -0.2) is 5.43 Å². The predicted octanol–water partition coefficient (Wildman–Crippen LogP) is 2.79. The number of phenols is 1. The summed E-state index contributed by atoms with van der Waals surface area (Å²) in [6.07, 6.45) is 1.10. The number of benzene rings is 2. The summed E-state index contributed by atoms with van der Waals surface area (Å²) < 4.78 is 5.35. The molecule has 8 nitrogen and oxygen atoms in total. The molecule has 0 heterocycles. The Morgan fingerprint density at radius 2 is 2.16 bits per heavy atom. The third kappa shape index (κ3) is 5.18. The highest BCUT2D eigenvalue weighted by Gasteiger charge is 2.09. The van der Waals surface area contributed by atoms with Gasteiger partial charge in [-0.1, -0.05) is 11.6 Å². The lowest BCUT2D eigenvalue weighted by molar-refractivity contribution is -0.384. The van der Waals surface area contributed by atoms with E-state index >= 15 is 0 Å². The first-order chi connectivity index (χ1) is 11.9. The molecule has 25 heavy (non-hydrogen) atoms. The van der Waals surface area contributed by atoms with Gasteiger partial charge in [-0.2, -0.15) is 5.10 Å². The first-order valence-corrected chi connectivity index (χ1v) is 7.43. The molecule has 2 rings (SSSR count). The van der Waals surface area contributed by atoms with Crippen molar-refractivity contribution >= 4 is 29.4 Å². The van der Waals surface area contributed by atoms with E-state index in [0.29, 0.717) is 10.8 Å². The van der Waals surface area contributed by atoms with E-state index in [9.17, 15) is 20.0 Å². The van der Waals surface area contributed by atoms with Gasteiger partial charge in [0.05, 0.1) is 11.1 Å². The van der Waals surface area contributed by atoms with Crippen LogP contribution in [-0.2, 0) is 4.79 Å². The Labute approximate surface area is 147 Å². The largest absolute Gasteiger partial charge is 0.507 e. The number of aromatic hydroxyl groups is 1. The smallest absolute Gasteiger partial charge is 0.277 e. The number of rotatable bonds is 6. The summed E-state index contributed by atoms with van der Waals surface area (Å²) in [5.74, 6) is -0.216. The van der Waals surface area contributed by atoms with E-state index < -0.39 is 10.8 Å². The Kier molecular flexibility index (Phi) is 5.91. The van der Waals surface area contributed by atoms with E-state index in [1.165, 1.54) is 6.07 Å². The monoisotopic (exact) mass is 363 g/mol. The molecule has 0 aliphatic carbocycles. The van der Waals surface area contributed by atoms with Crippen molar-refractivity contribution in [1.29, 1.82) is 0 Å². The van der Waals surface area contributed by atoms with Crippen LogP contribution in [0, 0.1) is 17.0 Å². The van der Waals surface area contributed by atoms with Crippen LogP contribution in [0.4, 0.5) is 5.69 Å². The van der Waals surface area contributed by atoms with Crippen molar-refractivity contribution in [1.82, 2.24) is 5.43 Å². The summed E-state index contributed by atoms with van der Waals surface area (Å²) in [6, 6.07) is 8.47. The van der Waals surface area contributed by atoms with Crippen molar-refractivity contribution in [2.75, 3.05) is 6.61 Å². The van der Waals surface area contributed by atoms with Crippen LogP contribution < -0.4 is 10.2 Å². The van der Waals surface area contributed by atoms with Crippen molar-refractivity contribution in [3.05, 3.63) is 62.7 Å². The van der Waals surface area contributed by atoms with Crippen LogP contribution >= 0.6 is 11.6 Å². The maximum atomic E-state index is 11.7. The molecule has 0 fully saturated rings. The van der Waals surface area contributed by atoms with Gasteiger partial charge >= 0.3 is 0 Å². The number of nitro benzene ring substituents is 1. The topological polar surface area (TPSA) is 114 Å². The zero-order valence-corrected chi connectivity index (χ0v) is 13.9. The zero-order chi connectivity index (χ0) is 18.4. The molecule has 0 aliphatic rings. The molecule has 0 saturated heterocycles. The minimum Gasteiger partial charge on any atom is -0.507 e. The summed E-state index contributed by atoms with van der Waals surface area (Å²) in [7, 11) is 0. The van der Waals surface area contributed by atoms with Crippen molar-refractivity contribution in [3.8, 4) is 11.5 Å². The number of nitro groups is 1. The summed E-state index contributed by atoms with van der Waals surface area (Å²) in [6.45, 7) is 1.52. The molecule has 9 heteroatoms. The van der Waals surface area contributed by atoms with Crippen molar-refractivity contribution in [2.45, 2.75) is 6.92 Å². The van der Waals surface area contributed by atoms with Crippen LogP contribution in [0.3, 0.4) is 0 Å². The van der Waals surface area contributed by atoms with Gasteiger partial charge in [-0.3, -0.25) is 14.9 Å². The zero-order valence-electron chi connectivity index (χ0n) is 13.1. The highest BCUT2D eigenvalue weighted by molar-refractivity contribution is 6.30. The molecule has 0 saturated carbocycles. The van der Waals surface area contributed by atoms with Crippen LogP contribution in [0.1, 0.15) is 11.1 Å². The van der Waals surface area contributed by atoms with Gasteiger partial charge in [-0.15, -0.1) is 0 Å². The van der Waals surface area contributed by atoms with Gasteiger partial charge in [-0.05, 0) is 36.8 Å². The molecule has 0 aliphatic heterocycles. The molecule has 1 amide bonds. The van der Waals surface area contributed by atoms with Gasteiger partial charge in [0.25, 0.3) is 11.6 Å². The van der Waals surface area contributed by atoms with E-state index in [2.05, 4.69) is 10.5 Å². The number of halogens is 1. The van der Waals surface area contributed by atoms with E-state index in [-0.39, 0.29) is 23.6 Å². The molecular formula is C16H14ClN3O5. The number of hydrazone groups is 1. The molecule has 0 atom stereocenters. The average Bonchev–Trinajstić information content (AvgIpc) is 2.55. The Morgan fingerprint density at radius 1 is 1.40 bits per heavy atom. The maximum absolute atomic E-state index is 11.7. The number of nitrogens with one attached hydrogen (secondary N) is 1. The SMILES string of the molecule is Cc1cc(Cl)ccc1OCC(=O)N/N=C\c1cc([N+](=O)[O-])ccc1O. The molecule has 2 aromatic carbocycles. The third-order valence-electron chi connectivity index (χ3n) is 3.11. The first kappa shape index (κ1) is 18.2. The standard InChI is InChI=1S/C16H14ClN3O5/c1-10-6-12(17)2-5-15(10)25-9-16(22)19-18-8-11-7-13(20(23)24)3-4-14(11)21/h2-8,21H,9H2,1H3,(H,19,22)/b18-8-. The molecule has 0 aromatic heterocycles. The number of carbonyl (C=O) groups excluding carboxylic acids is 1. The van der Waals surface area contributed by atoms with Gasteiger partial charge in [0.15, 0.2) is 6.61 Å². The number of hydrogen-bond acceptors (Lipinski definition) is 6. The summed E-state index contributed by atoms with van der Waals surface area (Å²) in [5.41, 5.74) is 2.89. The number of carbonyl (C=O) groups is 1. The summed E-state index contributed by atoms with van der Waals surface area (Å²) in [5, 5.41) is 24.5. The lowest BCUT2D eigenvalue weighted by Crippen LogP contribution is -2.24. The molecule has 130 valence electrons. The van der Waals surface area contributed by atoms with Crippen LogP contribution in [0.15, 0.2) is 41.5 Å². The molecule has 0 bridgehead atoms. The molecule has 2 aromatic rings. The summed E-state index contributed by atoms with van der Waals surface area (Å²) in [4.78, 5) is 21.8. The van der Waals surface area contributed by atoms with Gasteiger partial charge in [0.1, 0.15) is 11.5 Å². The Balaban J connectivity index is 1.92. The lowest BCUT2D eigenvalue weighted by atomic mass is 10.2. The summed E-state index contributed by atoms with van der Waals surface area (Å²) >= 11 is 5.83. The Hall–Kier alpha value is -3.13. The molecule has 0 radical (unpaired) electrons. The van der Waals surface area contributed by atoms with Crippen LogP contribution in [0.2, 0.25) is 5.02 Å². The van der Waals surface area contributed by atoms with E-state index in [1.54, 1.807) is 25.1 Å². The number of aryl methyl sites for hydroxylation is 1. The Bertz CT molecular complexity index is 839. The minimum atomic E-state index is -0.600. The fourth-order valence-electron chi connectivity index (χ4n) is 1.88. The van der Waals surface area contributed by atoms with Gasteiger partial charge in [0.2, 0.25) is 0 Å². The first-order valence-electron chi connectivity index (χ1n) is 7.05. The van der Waals surface area contributed by atoms with Crippen molar-refractivity contribution < 1.29 is 19.6 Å². The van der Waals surface area contributed by atoms with Gasteiger partial charge < -0.3 is 9.84 Å². The van der Waals surface area contributed by atoms with Crippen LogP contribution in [-0.4, -0.2) is 28.8 Å². The van der Waals surface area contributed by atoms with Crippen molar-refractivity contribution in [3.63, 3.8) is 0 Å². The minimum absolute atomic E-state index is 0.101. The molecule has 2 N–H and O–H groups in total. The number of non-ortho nitro benzene ring substituents is 1. The molecule has 0 unspecified atom stereocenters. The third-order valence-corrected chi connectivity index (χ3v) is 3.35. The van der Waals surface area contributed by atoms with Gasteiger partial charge in [0, 0.05) is 22.7 Å². The average molecular weight is 364 g/mol.